The average molecular weight is 213 g/mol. The second kappa shape index (κ2) is 4.93. The summed E-state index contributed by atoms with van der Waals surface area (Å²) in [6.07, 6.45) is 3.18. The van der Waals surface area contributed by atoms with Crippen LogP contribution in [0.5, 0.6) is 0 Å². The topological polar surface area (TPSA) is 61.6 Å². The largest absolute Gasteiger partial charge is 0.497 e. The van der Waals surface area contributed by atoms with Crippen LogP contribution in [0, 0.1) is 10.1 Å². The van der Waals surface area contributed by atoms with Crippen LogP contribution in [0.1, 0.15) is 20.3 Å². The molecule has 0 aromatic rings. The van der Waals surface area contributed by atoms with Crippen LogP contribution in [0.25, 0.3) is 0 Å². The molecule has 0 saturated carbocycles. The summed E-state index contributed by atoms with van der Waals surface area (Å²) in [6.45, 7) is 3.71. The number of ether oxygens (including phenoxy) is 2. The second-order valence-corrected chi connectivity index (χ2v) is 3.55. The maximum absolute atomic E-state index is 10.8. The predicted octanol–water partition coefficient (Wildman–Crippen LogP) is 1.87. The van der Waals surface area contributed by atoms with E-state index in [0.29, 0.717) is 12.2 Å². The highest BCUT2D eigenvalue weighted by Gasteiger charge is 2.29. The fraction of sp³-hybridized carbons (Fsp3) is 0.600. The van der Waals surface area contributed by atoms with Crippen molar-refractivity contribution in [3.63, 3.8) is 0 Å². The van der Waals surface area contributed by atoms with Gasteiger partial charge in [-0.15, -0.1) is 0 Å². The summed E-state index contributed by atoms with van der Waals surface area (Å²) in [7, 11) is 1.49. The third-order valence-corrected chi connectivity index (χ3v) is 2.04. The number of nitro groups is 1. The monoisotopic (exact) mass is 213 g/mol. The molecule has 0 amide bonds. The Labute approximate surface area is 88.5 Å². The van der Waals surface area contributed by atoms with Gasteiger partial charge >= 0.3 is 0 Å². The summed E-state index contributed by atoms with van der Waals surface area (Å²) >= 11 is 0. The Balaban J connectivity index is 2.82. The number of hydrogen-bond acceptors (Lipinski definition) is 4. The molecule has 0 fully saturated rings. The van der Waals surface area contributed by atoms with Crippen LogP contribution in [0.3, 0.4) is 0 Å². The molecule has 1 aliphatic carbocycles. The summed E-state index contributed by atoms with van der Waals surface area (Å²) in [5.74, 6) is 0.519. The average Bonchev–Trinajstić information content (AvgIpc) is 2.17. The highest BCUT2D eigenvalue weighted by molar-refractivity contribution is 5.23. The van der Waals surface area contributed by atoms with Crippen molar-refractivity contribution < 1.29 is 14.4 Å². The lowest BCUT2D eigenvalue weighted by atomic mass is 10.1. The first-order chi connectivity index (χ1) is 7.04. The van der Waals surface area contributed by atoms with Crippen LogP contribution >= 0.6 is 0 Å². The molecule has 0 bridgehead atoms. The Bertz CT molecular complexity index is 307. The summed E-state index contributed by atoms with van der Waals surface area (Å²) in [6, 6.07) is 0. The quantitative estimate of drug-likeness (QED) is 0.528. The summed E-state index contributed by atoms with van der Waals surface area (Å²) in [5, 5.41) is 10.8. The first-order valence-corrected chi connectivity index (χ1v) is 4.80. The third kappa shape index (κ3) is 3.06. The minimum absolute atomic E-state index is 0.0316. The zero-order valence-corrected chi connectivity index (χ0v) is 9.10. The summed E-state index contributed by atoms with van der Waals surface area (Å²) in [5.41, 5.74) is 0.0584. The van der Waals surface area contributed by atoms with E-state index >= 15 is 0 Å². The summed E-state index contributed by atoms with van der Waals surface area (Å²) in [4.78, 5) is 10.4. The highest BCUT2D eigenvalue weighted by atomic mass is 16.6. The van der Waals surface area contributed by atoms with E-state index < -0.39 is 11.0 Å². The number of allylic oxidation sites excluding steroid dienone is 1. The lowest BCUT2D eigenvalue weighted by Gasteiger charge is -2.19. The second-order valence-electron chi connectivity index (χ2n) is 3.55. The third-order valence-electron chi connectivity index (χ3n) is 2.04. The van der Waals surface area contributed by atoms with Crippen molar-refractivity contribution in [1.82, 2.24) is 0 Å². The first-order valence-electron chi connectivity index (χ1n) is 4.80. The normalized spacial score (nSPS) is 20.9. The Morgan fingerprint density at radius 3 is 2.73 bits per heavy atom. The molecule has 0 aromatic carbocycles. The van der Waals surface area contributed by atoms with Gasteiger partial charge < -0.3 is 9.47 Å². The maximum atomic E-state index is 10.8. The molecule has 1 atom stereocenters. The molecule has 0 N–H and O–H groups in total. The van der Waals surface area contributed by atoms with E-state index in [1.54, 1.807) is 6.08 Å². The van der Waals surface area contributed by atoms with Gasteiger partial charge in [0.05, 0.1) is 24.2 Å². The molecule has 0 aromatic heterocycles. The lowest BCUT2D eigenvalue weighted by Crippen LogP contribution is -2.26. The fourth-order valence-corrected chi connectivity index (χ4v) is 1.41. The van der Waals surface area contributed by atoms with Crippen molar-refractivity contribution in [2.75, 3.05) is 7.11 Å². The van der Waals surface area contributed by atoms with Crippen LogP contribution in [-0.4, -0.2) is 24.2 Å². The van der Waals surface area contributed by atoms with Crippen molar-refractivity contribution >= 4 is 0 Å². The van der Waals surface area contributed by atoms with Gasteiger partial charge in [-0.2, -0.15) is 0 Å². The van der Waals surface area contributed by atoms with E-state index in [-0.39, 0.29) is 11.8 Å². The van der Waals surface area contributed by atoms with Crippen LogP contribution in [-0.2, 0) is 9.47 Å². The van der Waals surface area contributed by atoms with E-state index in [1.165, 1.54) is 13.2 Å². The van der Waals surface area contributed by atoms with Gasteiger partial charge in [-0.1, -0.05) is 0 Å². The van der Waals surface area contributed by atoms with E-state index in [2.05, 4.69) is 0 Å². The van der Waals surface area contributed by atoms with Crippen LogP contribution in [0.15, 0.2) is 23.6 Å². The van der Waals surface area contributed by atoms with Crippen molar-refractivity contribution in [3.05, 3.63) is 33.7 Å². The molecule has 15 heavy (non-hydrogen) atoms. The Kier molecular flexibility index (Phi) is 3.85. The zero-order valence-electron chi connectivity index (χ0n) is 9.10. The fourth-order valence-electron chi connectivity index (χ4n) is 1.41. The molecule has 0 aliphatic heterocycles. The van der Waals surface area contributed by atoms with Crippen molar-refractivity contribution in [2.45, 2.75) is 32.5 Å². The SMILES string of the molecule is COC1=CCC(OC(C)C)C([N+](=O)[O-])=C1. The Hall–Kier alpha value is -1.36. The summed E-state index contributed by atoms with van der Waals surface area (Å²) < 4.78 is 10.4. The first kappa shape index (κ1) is 11.7. The van der Waals surface area contributed by atoms with E-state index in [9.17, 15) is 10.1 Å². The molecule has 1 aliphatic rings. The Morgan fingerprint density at radius 1 is 1.60 bits per heavy atom. The molecule has 5 nitrogen and oxygen atoms in total. The lowest BCUT2D eigenvalue weighted by molar-refractivity contribution is -0.438. The maximum Gasteiger partial charge on any atom is 0.278 e. The van der Waals surface area contributed by atoms with Crippen molar-refractivity contribution in [2.24, 2.45) is 0 Å². The van der Waals surface area contributed by atoms with Gasteiger partial charge in [0, 0.05) is 6.42 Å². The van der Waals surface area contributed by atoms with Crippen LogP contribution in [0.2, 0.25) is 0 Å². The molecule has 0 spiro atoms. The van der Waals surface area contributed by atoms with Gasteiger partial charge in [-0.3, -0.25) is 10.1 Å². The minimum atomic E-state index is -0.473. The van der Waals surface area contributed by atoms with Gasteiger partial charge in [0.2, 0.25) is 0 Å². The van der Waals surface area contributed by atoms with Gasteiger partial charge in [-0.05, 0) is 19.9 Å². The molecule has 84 valence electrons. The Morgan fingerprint density at radius 2 is 2.27 bits per heavy atom. The zero-order chi connectivity index (χ0) is 11.4. The van der Waals surface area contributed by atoms with E-state index in [1.807, 2.05) is 13.8 Å². The minimum Gasteiger partial charge on any atom is -0.497 e. The molecular formula is C10H15NO4. The standard InChI is InChI=1S/C10H15NO4/c1-7(2)15-10-5-4-8(14-3)6-9(10)11(12)13/h4,6-7,10H,5H2,1-3H3. The molecule has 5 heteroatoms. The van der Waals surface area contributed by atoms with Crippen molar-refractivity contribution in [3.8, 4) is 0 Å². The van der Waals surface area contributed by atoms with Gasteiger partial charge in [0.25, 0.3) is 5.70 Å². The van der Waals surface area contributed by atoms with Gasteiger partial charge in [0.15, 0.2) is 6.10 Å². The van der Waals surface area contributed by atoms with Crippen molar-refractivity contribution in [1.29, 1.82) is 0 Å². The molecule has 0 saturated heterocycles. The molecule has 1 unspecified atom stereocenters. The number of nitrogens with zero attached hydrogens (tertiary/aromatic N) is 1. The van der Waals surface area contributed by atoms with E-state index in [0.717, 1.165) is 0 Å². The highest BCUT2D eigenvalue weighted by Crippen LogP contribution is 2.22. The molecular weight excluding hydrogens is 198 g/mol. The molecule has 0 heterocycles. The number of rotatable bonds is 4. The number of methoxy groups -OCH3 is 1. The van der Waals surface area contributed by atoms with Gasteiger partial charge in [-0.25, -0.2) is 0 Å². The molecule has 0 radical (unpaired) electrons. The number of hydrogen-bond donors (Lipinski definition) is 0. The van der Waals surface area contributed by atoms with Crippen LogP contribution in [0.4, 0.5) is 0 Å². The smallest absolute Gasteiger partial charge is 0.278 e. The van der Waals surface area contributed by atoms with Crippen LogP contribution < -0.4 is 0 Å². The van der Waals surface area contributed by atoms with Gasteiger partial charge in [0.1, 0.15) is 5.76 Å². The van der Waals surface area contributed by atoms with E-state index in [4.69, 9.17) is 9.47 Å². The predicted molar refractivity (Wildman–Crippen MR) is 54.8 cm³/mol. The molecule has 1 rings (SSSR count).